The fraction of sp³-hybridized carbons (Fsp3) is 0.318. The van der Waals surface area contributed by atoms with Crippen molar-refractivity contribution in [2.45, 2.75) is 32.8 Å². The highest BCUT2D eigenvalue weighted by molar-refractivity contribution is 7.18. The number of aromatic nitrogens is 5. The lowest BCUT2D eigenvalue weighted by atomic mass is 9.97. The maximum Gasteiger partial charge on any atom is 0.218 e. The van der Waals surface area contributed by atoms with E-state index in [0.717, 1.165) is 26.5 Å². The van der Waals surface area contributed by atoms with Crippen LogP contribution in [0.5, 0.6) is 5.88 Å². The van der Waals surface area contributed by atoms with Gasteiger partial charge >= 0.3 is 0 Å². The van der Waals surface area contributed by atoms with E-state index in [1.165, 1.54) is 18.4 Å². The fourth-order valence-corrected chi connectivity index (χ4v) is 4.63. The second kappa shape index (κ2) is 9.32. The highest BCUT2D eigenvalue weighted by atomic mass is 35.5. The van der Waals surface area contributed by atoms with Crippen LogP contribution in [-0.4, -0.2) is 44.7 Å². The van der Waals surface area contributed by atoms with Crippen molar-refractivity contribution in [3.05, 3.63) is 57.4 Å². The monoisotopic (exact) mass is 471 g/mol. The van der Waals surface area contributed by atoms with Gasteiger partial charge < -0.3 is 9.47 Å². The van der Waals surface area contributed by atoms with Crippen molar-refractivity contribution in [1.29, 1.82) is 0 Å². The molecule has 0 unspecified atom stereocenters. The summed E-state index contributed by atoms with van der Waals surface area (Å²) in [5.74, 6) is 0.752. The van der Waals surface area contributed by atoms with E-state index >= 15 is 0 Å². The maximum absolute atomic E-state index is 13.0. The number of ether oxygens (including phenoxy) is 2. The number of aryl methyl sites for hydroxylation is 1. The van der Waals surface area contributed by atoms with E-state index < -0.39 is 0 Å². The molecule has 166 valence electrons. The Labute approximate surface area is 194 Å². The quantitative estimate of drug-likeness (QED) is 0.378. The number of pyridine rings is 2. The first-order valence-corrected chi connectivity index (χ1v) is 11.1. The molecule has 10 heteroatoms. The first-order chi connectivity index (χ1) is 15.4. The molecule has 4 heterocycles. The molecular formula is C22H22ClN5O3S. The Morgan fingerprint density at radius 1 is 1.25 bits per heavy atom. The van der Waals surface area contributed by atoms with Gasteiger partial charge in [0.15, 0.2) is 5.82 Å². The zero-order valence-corrected chi connectivity index (χ0v) is 19.7. The Bertz CT molecular complexity index is 1270. The fourth-order valence-electron chi connectivity index (χ4n) is 3.60. The van der Waals surface area contributed by atoms with Crippen LogP contribution in [-0.2, 0) is 22.4 Å². The molecule has 4 aromatic heterocycles. The molecule has 4 aromatic rings. The largest absolute Gasteiger partial charge is 0.481 e. The molecule has 0 N–H and O–H groups in total. The Morgan fingerprint density at radius 3 is 2.72 bits per heavy atom. The highest BCUT2D eigenvalue weighted by Crippen LogP contribution is 2.32. The minimum absolute atomic E-state index is 0.0225. The zero-order valence-electron chi connectivity index (χ0n) is 18.1. The summed E-state index contributed by atoms with van der Waals surface area (Å²) in [6.45, 7) is 3.88. The summed E-state index contributed by atoms with van der Waals surface area (Å²) in [6.07, 6.45) is 5.19. The summed E-state index contributed by atoms with van der Waals surface area (Å²) in [7, 11) is 3.15. The Kier molecular flexibility index (Phi) is 6.50. The summed E-state index contributed by atoms with van der Waals surface area (Å²) >= 11 is 7.94. The van der Waals surface area contributed by atoms with Crippen LogP contribution in [0.25, 0.3) is 16.2 Å². The first-order valence-electron chi connectivity index (χ1n) is 9.94. The van der Waals surface area contributed by atoms with Crippen molar-refractivity contribution in [2.75, 3.05) is 14.2 Å². The summed E-state index contributed by atoms with van der Waals surface area (Å²) in [4.78, 5) is 27.5. The number of nitrogens with zero attached hydrogens (tertiary/aromatic N) is 5. The predicted octanol–water partition coefficient (Wildman–Crippen LogP) is 4.30. The predicted molar refractivity (Wildman–Crippen MR) is 123 cm³/mol. The number of fused-ring (bicyclic) bond motifs is 1. The minimum Gasteiger partial charge on any atom is -0.481 e. The van der Waals surface area contributed by atoms with Crippen LogP contribution in [0, 0.1) is 6.92 Å². The van der Waals surface area contributed by atoms with Gasteiger partial charge in [-0.05, 0) is 31.5 Å². The zero-order chi connectivity index (χ0) is 22.8. The smallest absolute Gasteiger partial charge is 0.218 e. The van der Waals surface area contributed by atoms with Crippen LogP contribution in [0.2, 0.25) is 5.02 Å². The van der Waals surface area contributed by atoms with Gasteiger partial charge in [0.05, 0.1) is 23.2 Å². The summed E-state index contributed by atoms with van der Waals surface area (Å²) < 4.78 is 12.5. The van der Waals surface area contributed by atoms with Gasteiger partial charge in [-0.25, -0.2) is 14.6 Å². The molecule has 4 rings (SSSR count). The average molecular weight is 472 g/mol. The van der Waals surface area contributed by atoms with Crippen LogP contribution in [0.4, 0.5) is 0 Å². The van der Waals surface area contributed by atoms with E-state index in [0.29, 0.717) is 22.3 Å². The third-order valence-corrected chi connectivity index (χ3v) is 6.26. The lowest BCUT2D eigenvalue weighted by Crippen LogP contribution is -2.13. The van der Waals surface area contributed by atoms with Gasteiger partial charge in [-0.15, -0.1) is 0 Å². The van der Waals surface area contributed by atoms with Crippen LogP contribution in [0.1, 0.15) is 34.7 Å². The first kappa shape index (κ1) is 22.3. The molecular weight excluding hydrogens is 450 g/mol. The van der Waals surface area contributed by atoms with E-state index in [4.69, 9.17) is 21.1 Å². The number of halogens is 1. The standard InChI is InChI=1S/C22H22ClN5O3S/c1-12(30-3)18-15(11-24-22-19(18)26-13(2)32-22)9-16(29)8-14-10-17(23)20(27-21(14)31-4)28-7-5-6-25-28/h5-7,10-12H,8-9H2,1-4H3/t12-/m1/s1. The molecule has 0 fully saturated rings. The van der Waals surface area contributed by atoms with Crippen LogP contribution in [0.15, 0.2) is 30.7 Å². The molecule has 0 amide bonds. The van der Waals surface area contributed by atoms with Gasteiger partial charge in [0.1, 0.15) is 16.1 Å². The number of Topliss-reactive ketones (excluding diaryl/α,β-unsaturated/α-hetero) is 1. The molecule has 0 saturated carbocycles. The topological polar surface area (TPSA) is 92.0 Å². The molecule has 0 aliphatic carbocycles. The summed E-state index contributed by atoms with van der Waals surface area (Å²) in [5, 5.41) is 5.45. The van der Waals surface area contributed by atoms with Crippen molar-refractivity contribution in [2.24, 2.45) is 0 Å². The van der Waals surface area contributed by atoms with Gasteiger partial charge in [-0.2, -0.15) is 10.1 Å². The van der Waals surface area contributed by atoms with Crippen molar-refractivity contribution in [1.82, 2.24) is 24.7 Å². The molecule has 0 spiro atoms. The van der Waals surface area contributed by atoms with Crippen molar-refractivity contribution in [3.8, 4) is 11.7 Å². The molecule has 0 aliphatic heterocycles. The van der Waals surface area contributed by atoms with E-state index in [1.54, 1.807) is 42.5 Å². The molecule has 0 bridgehead atoms. The number of hydrogen-bond donors (Lipinski definition) is 0. The SMILES string of the molecule is COc1nc(-n2cccn2)c(Cl)cc1CC(=O)Cc1cnc2sc(C)nc2c1[C@@H](C)OC. The Morgan fingerprint density at radius 2 is 2.03 bits per heavy atom. The molecule has 32 heavy (non-hydrogen) atoms. The Hall–Kier alpha value is -2.88. The number of methoxy groups -OCH3 is 2. The van der Waals surface area contributed by atoms with Gasteiger partial charge in [-0.3, -0.25) is 4.79 Å². The highest BCUT2D eigenvalue weighted by Gasteiger charge is 2.21. The average Bonchev–Trinajstić information content (AvgIpc) is 3.42. The van der Waals surface area contributed by atoms with Crippen molar-refractivity contribution < 1.29 is 14.3 Å². The third-order valence-electron chi connectivity index (χ3n) is 5.10. The van der Waals surface area contributed by atoms with Crippen LogP contribution in [0.3, 0.4) is 0 Å². The van der Waals surface area contributed by atoms with E-state index in [9.17, 15) is 4.79 Å². The second-order valence-electron chi connectivity index (χ2n) is 7.27. The van der Waals surface area contributed by atoms with Crippen LogP contribution >= 0.6 is 22.9 Å². The summed E-state index contributed by atoms with van der Waals surface area (Å²) in [5.41, 5.74) is 3.09. The Balaban J connectivity index is 1.63. The van der Waals surface area contributed by atoms with E-state index in [2.05, 4.69) is 20.1 Å². The normalized spacial score (nSPS) is 12.3. The molecule has 0 aromatic carbocycles. The second-order valence-corrected chi connectivity index (χ2v) is 8.86. The summed E-state index contributed by atoms with van der Waals surface area (Å²) in [6, 6.07) is 3.47. The van der Waals surface area contributed by atoms with Gasteiger partial charge in [0.2, 0.25) is 5.88 Å². The van der Waals surface area contributed by atoms with E-state index in [1.807, 2.05) is 13.8 Å². The number of hydrogen-bond acceptors (Lipinski definition) is 8. The molecule has 0 aliphatic rings. The number of thiazole rings is 1. The number of rotatable bonds is 8. The van der Waals surface area contributed by atoms with Crippen molar-refractivity contribution in [3.63, 3.8) is 0 Å². The molecule has 1 atom stereocenters. The number of ketones is 1. The lowest BCUT2D eigenvalue weighted by molar-refractivity contribution is -0.117. The lowest BCUT2D eigenvalue weighted by Gasteiger charge is -2.16. The third kappa shape index (κ3) is 4.36. The maximum atomic E-state index is 13.0. The number of carbonyl (C=O) groups is 1. The minimum atomic E-state index is -0.219. The van der Waals surface area contributed by atoms with Gasteiger partial charge in [-0.1, -0.05) is 22.9 Å². The van der Waals surface area contributed by atoms with Gasteiger partial charge in [0, 0.05) is 49.7 Å². The molecule has 8 nitrogen and oxygen atoms in total. The van der Waals surface area contributed by atoms with E-state index in [-0.39, 0.29) is 24.7 Å². The van der Waals surface area contributed by atoms with Gasteiger partial charge in [0.25, 0.3) is 0 Å². The molecule has 0 radical (unpaired) electrons. The molecule has 0 saturated heterocycles. The van der Waals surface area contributed by atoms with Crippen LogP contribution < -0.4 is 4.74 Å². The van der Waals surface area contributed by atoms with Crippen molar-refractivity contribution >= 4 is 39.1 Å². The number of carbonyl (C=O) groups excluding carboxylic acids is 1.